The van der Waals surface area contributed by atoms with Crippen LogP contribution in [0.2, 0.25) is 0 Å². The van der Waals surface area contributed by atoms with Crippen LogP contribution < -0.4 is 4.74 Å². The first-order chi connectivity index (χ1) is 9.70. The maximum atomic E-state index is 12.4. The van der Waals surface area contributed by atoms with Gasteiger partial charge < -0.3 is 9.84 Å². The molecule has 1 aromatic carbocycles. The Kier molecular flexibility index (Phi) is 5.64. The molecule has 0 bridgehead atoms. The van der Waals surface area contributed by atoms with E-state index in [1.807, 2.05) is 0 Å². The minimum Gasteiger partial charge on any atom is -0.497 e. The number of aliphatic hydroxyl groups is 1. The molecule has 1 aromatic rings. The maximum absolute atomic E-state index is 12.4. The average molecular weight is 318 g/mol. The molecule has 9 heteroatoms. The van der Waals surface area contributed by atoms with Crippen molar-refractivity contribution in [2.75, 3.05) is 20.7 Å². The number of rotatable bonds is 7. The first-order valence-electron chi connectivity index (χ1n) is 6.17. The quantitative estimate of drug-likeness (QED) is 0.593. The molecule has 8 nitrogen and oxygen atoms in total. The van der Waals surface area contributed by atoms with Gasteiger partial charge in [0, 0.05) is 13.6 Å². The highest BCUT2D eigenvalue weighted by Gasteiger charge is 2.30. The normalized spacial score (nSPS) is 13.2. The summed E-state index contributed by atoms with van der Waals surface area (Å²) in [5.41, 5.74) is -0.543. The van der Waals surface area contributed by atoms with Gasteiger partial charge in [0.1, 0.15) is 5.75 Å². The van der Waals surface area contributed by atoms with Crippen molar-refractivity contribution in [2.24, 2.45) is 0 Å². The first-order valence-corrected chi connectivity index (χ1v) is 7.61. The summed E-state index contributed by atoms with van der Waals surface area (Å²) in [7, 11) is -1.36. The summed E-state index contributed by atoms with van der Waals surface area (Å²) in [5, 5.41) is 20.3. The van der Waals surface area contributed by atoms with Gasteiger partial charge in [-0.3, -0.25) is 10.1 Å². The van der Waals surface area contributed by atoms with E-state index in [0.717, 1.165) is 16.4 Å². The summed E-state index contributed by atoms with van der Waals surface area (Å²) in [5.74, 6) is 0.201. The van der Waals surface area contributed by atoms with Crippen molar-refractivity contribution in [2.45, 2.75) is 24.3 Å². The molecule has 118 valence electrons. The van der Waals surface area contributed by atoms with Crippen LogP contribution in [0.1, 0.15) is 13.3 Å². The predicted octanol–water partition coefficient (Wildman–Crippen LogP) is 0.995. The third-order valence-electron chi connectivity index (χ3n) is 2.91. The number of nitro benzene ring substituents is 1. The minimum atomic E-state index is -4.01. The van der Waals surface area contributed by atoms with Crippen LogP contribution in [0.5, 0.6) is 5.75 Å². The second kappa shape index (κ2) is 6.83. The highest BCUT2D eigenvalue weighted by molar-refractivity contribution is 7.89. The summed E-state index contributed by atoms with van der Waals surface area (Å²) < 4.78 is 30.6. The molecule has 1 N–H and O–H groups in total. The smallest absolute Gasteiger partial charge is 0.293 e. The SMILES string of the molecule is COc1ccc(S(=O)(=O)N(C)CCC(C)O)c([N+](=O)[O-])c1. The van der Waals surface area contributed by atoms with Gasteiger partial charge >= 0.3 is 0 Å². The Balaban J connectivity index is 3.21. The summed E-state index contributed by atoms with van der Waals surface area (Å²) in [6.07, 6.45) is -0.423. The third-order valence-corrected chi connectivity index (χ3v) is 4.82. The van der Waals surface area contributed by atoms with E-state index >= 15 is 0 Å². The van der Waals surface area contributed by atoms with Crippen LogP contribution in [0.25, 0.3) is 0 Å². The lowest BCUT2D eigenvalue weighted by molar-refractivity contribution is -0.387. The van der Waals surface area contributed by atoms with Crippen molar-refractivity contribution in [3.63, 3.8) is 0 Å². The van der Waals surface area contributed by atoms with Gasteiger partial charge in [-0.1, -0.05) is 0 Å². The van der Waals surface area contributed by atoms with Crippen molar-refractivity contribution in [1.82, 2.24) is 4.31 Å². The van der Waals surface area contributed by atoms with Crippen molar-refractivity contribution in [3.05, 3.63) is 28.3 Å². The molecule has 0 aliphatic carbocycles. The van der Waals surface area contributed by atoms with E-state index in [2.05, 4.69) is 0 Å². The Morgan fingerprint density at radius 3 is 2.57 bits per heavy atom. The topological polar surface area (TPSA) is 110 Å². The standard InChI is InChI=1S/C12H18N2O6S/c1-9(15)6-7-13(2)21(18,19)12-5-4-10(20-3)8-11(12)14(16)17/h4-5,8-9,15H,6-7H2,1-3H3. The van der Waals surface area contributed by atoms with E-state index in [-0.39, 0.29) is 18.7 Å². The fraction of sp³-hybridized carbons (Fsp3) is 0.500. The highest BCUT2D eigenvalue weighted by Crippen LogP contribution is 2.30. The molecule has 0 aromatic heterocycles. The van der Waals surface area contributed by atoms with Gasteiger partial charge in [0.25, 0.3) is 5.69 Å². The van der Waals surface area contributed by atoms with Crippen LogP contribution in [-0.2, 0) is 10.0 Å². The fourth-order valence-electron chi connectivity index (χ4n) is 1.64. The van der Waals surface area contributed by atoms with Gasteiger partial charge in [0.2, 0.25) is 10.0 Å². The summed E-state index contributed by atoms with van der Waals surface area (Å²) in [6, 6.07) is 3.56. The van der Waals surface area contributed by atoms with Gasteiger partial charge in [-0.25, -0.2) is 12.7 Å². The van der Waals surface area contributed by atoms with Crippen LogP contribution in [-0.4, -0.2) is 49.6 Å². The van der Waals surface area contributed by atoms with Crippen molar-refractivity contribution in [3.8, 4) is 5.75 Å². The Morgan fingerprint density at radius 1 is 1.48 bits per heavy atom. The molecule has 1 unspecified atom stereocenters. The number of hydrogen-bond donors (Lipinski definition) is 1. The van der Waals surface area contributed by atoms with Crippen LogP contribution >= 0.6 is 0 Å². The molecule has 0 fully saturated rings. The Morgan fingerprint density at radius 2 is 2.10 bits per heavy atom. The number of hydrogen-bond acceptors (Lipinski definition) is 6. The first kappa shape index (κ1) is 17.3. The molecule has 0 aliphatic rings. The van der Waals surface area contributed by atoms with Crippen molar-refractivity contribution in [1.29, 1.82) is 0 Å². The Bertz CT molecular complexity index is 614. The van der Waals surface area contributed by atoms with E-state index in [4.69, 9.17) is 4.74 Å². The zero-order valence-electron chi connectivity index (χ0n) is 12.0. The lowest BCUT2D eigenvalue weighted by Gasteiger charge is -2.18. The average Bonchev–Trinajstić information content (AvgIpc) is 2.43. The van der Waals surface area contributed by atoms with Crippen LogP contribution in [0.3, 0.4) is 0 Å². The fourth-order valence-corrected chi connectivity index (χ4v) is 2.96. The molecule has 0 heterocycles. The predicted molar refractivity (Wildman–Crippen MR) is 75.8 cm³/mol. The second-order valence-corrected chi connectivity index (χ2v) is 6.57. The molecule has 0 saturated carbocycles. The molecular weight excluding hydrogens is 300 g/mol. The number of methoxy groups -OCH3 is 1. The Hall–Kier alpha value is -1.71. The zero-order valence-corrected chi connectivity index (χ0v) is 12.8. The maximum Gasteiger partial charge on any atom is 0.293 e. The monoisotopic (exact) mass is 318 g/mol. The molecule has 0 amide bonds. The Labute approximate surface area is 123 Å². The number of sulfonamides is 1. The van der Waals surface area contributed by atoms with Crippen molar-refractivity contribution >= 4 is 15.7 Å². The van der Waals surface area contributed by atoms with E-state index in [0.29, 0.717) is 0 Å². The van der Waals surface area contributed by atoms with Gasteiger partial charge in [-0.05, 0) is 25.5 Å². The lowest BCUT2D eigenvalue weighted by atomic mass is 10.3. The van der Waals surface area contributed by atoms with E-state index in [1.54, 1.807) is 0 Å². The minimum absolute atomic E-state index is 0.0587. The second-order valence-electron chi connectivity index (χ2n) is 4.56. The zero-order chi connectivity index (χ0) is 16.2. The molecule has 1 rings (SSSR count). The lowest BCUT2D eigenvalue weighted by Crippen LogP contribution is -2.30. The highest BCUT2D eigenvalue weighted by atomic mass is 32.2. The van der Waals surface area contributed by atoms with Crippen molar-refractivity contribution < 1.29 is 23.2 Å². The van der Waals surface area contributed by atoms with Gasteiger partial charge in [0.05, 0.1) is 24.2 Å². The van der Waals surface area contributed by atoms with Crippen LogP contribution in [0.4, 0.5) is 5.69 Å². The third kappa shape index (κ3) is 4.13. The summed E-state index contributed by atoms with van der Waals surface area (Å²) in [4.78, 5) is 9.88. The molecule has 0 saturated heterocycles. The molecule has 0 aliphatic heterocycles. The number of ether oxygens (including phenoxy) is 1. The molecule has 0 radical (unpaired) electrons. The molecule has 0 spiro atoms. The van der Waals surface area contributed by atoms with Gasteiger partial charge in [-0.2, -0.15) is 0 Å². The summed E-state index contributed by atoms with van der Waals surface area (Å²) >= 11 is 0. The van der Waals surface area contributed by atoms with Crippen LogP contribution in [0.15, 0.2) is 23.1 Å². The summed E-state index contributed by atoms with van der Waals surface area (Å²) in [6.45, 7) is 1.60. The van der Waals surface area contributed by atoms with Gasteiger partial charge in [0.15, 0.2) is 4.90 Å². The van der Waals surface area contributed by atoms with E-state index in [1.165, 1.54) is 27.1 Å². The van der Waals surface area contributed by atoms with E-state index < -0.39 is 31.6 Å². The van der Waals surface area contributed by atoms with Gasteiger partial charge in [-0.15, -0.1) is 0 Å². The molecule has 1 atom stereocenters. The van der Waals surface area contributed by atoms with Crippen LogP contribution in [0, 0.1) is 10.1 Å². The molecular formula is C12H18N2O6S. The number of nitrogens with zero attached hydrogens (tertiary/aromatic N) is 2. The number of nitro groups is 1. The number of aliphatic hydroxyl groups excluding tert-OH is 1. The largest absolute Gasteiger partial charge is 0.497 e. The van der Waals surface area contributed by atoms with E-state index in [9.17, 15) is 23.6 Å². The number of benzene rings is 1. The molecule has 21 heavy (non-hydrogen) atoms.